The third kappa shape index (κ3) is 4.38. The molecule has 0 saturated heterocycles. The molecule has 0 unspecified atom stereocenters. The standard InChI is InChI=1S/C18H15F2N3O4/c19-17(20)27-12-7-5-11(6-8-12)21-15(24)9-10-23-14-4-2-1-3-13(14)16(25)22-18(23)26/h1-8,17H,9-10H2,(H,21,24)(H,22,25,26). The molecular formula is C18H15F2N3O4. The van der Waals surface area contributed by atoms with Crippen molar-refractivity contribution in [3.05, 3.63) is 69.4 Å². The lowest BCUT2D eigenvalue weighted by atomic mass is 10.2. The number of alkyl halides is 2. The molecule has 0 radical (unpaired) electrons. The Morgan fingerprint density at radius 1 is 1.11 bits per heavy atom. The van der Waals surface area contributed by atoms with E-state index in [1.165, 1.54) is 28.8 Å². The van der Waals surface area contributed by atoms with Gasteiger partial charge in [-0.05, 0) is 36.4 Å². The van der Waals surface area contributed by atoms with Crippen molar-refractivity contribution in [3.63, 3.8) is 0 Å². The highest BCUT2D eigenvalue weighted by Crippen LogP contribution is 2.18. The molecule has 0 spiro atoms. The minimum Gasteiger partial charge on any atom is -0.435 e. The number of hydrogen-bond donors (Lipinski definition) is 2. The van der Waals surface area contributed by atoms with Crippen molar-refractivity contribution < 1.29 is 18.3 Å². The van der Waals surface area contributed by atoms with Crippen molar-refractivity contribution in [3.8, 4) is 5.75 Å². The summed E-state index contributed by atoms with van der Waals surface area (Å²) in [7, 11) is 0. The van der Waals surface area contributed by atoms with Crippen LogP contribution in [0, 0.1) is 0 Å². The van der Waals surface area contributed by atoms with Gasteiger partial charge in [0.05, 0.1) is 10.9 Å². The molecule has 0 saturated carbocycles. The van der Waals surface area contributed by atoms with E-state index in [0.29, 0.717) is 16.6 Å². The second-order valence-corrected chi connectivity index (χ2v) is 5.63. The Kier molecular flexibility index (Phi) is 5.30. The zero-order valence-electron chi connectivity index (χ0n) is 13.9. The predicted molar refractivity (Wildman–Crippen MR) is 95.1 cm³/mol. The number of halogens is 2. The van der Waals surface area contributed by atoms with Gasteiger partial charge in [0, 0.05) is 18.7 Å². The maximum atomic E-state index is 12.1. The number of nitrogens with zero attached hydrogens (tertiary/aromatic N) is 1. The molecule has 2 N–H and O–H groups in total. The quantitative estimate of drug-likeness (QED) is 0.692. The van der Waals surface area contributed by atoms with E-state index in [1.807, 2.05) is 0 Å². The van der Waals surface area contributed by atoms with Crippen LogP contribution in [0.1, 0.15) is 6.42 Å². The van der Waals surface area contributed by atoms with E-state index in [1.54, 1.807) is 24.3 Å². The Labute approximate surface area is 151 Å². The lowest BCUT2D eigenvalue weighted by Gasteiger charge is -2.10. The number of fused-ring (bicyclic) bond motifs is 1. The van der Waals surface area contributed by atoms with Gasteiger partial charge in [-0.2, -0.15) is 8.78 Å². The first kappa shape index (κ1) is 18.3. The zero-order valence-corrected chi connectivity index (χ0v) is 13.9. The number of carbonyl (C=O) groups is 1. The van der Waals surface area contributed by atoms with E-state index in [9.17, 15) is 23.2 Å². The first-order valence-electron chi connectivity index (χ1n) is 8.00. The summed E-state index contributed by atoms with van der Waals surface area (Å²) in [4.78, 5) is 38.2. The summed E-state index contributed by atoms with van der Waals surface area (Å²) >= 11 is 0. The molecule has 0 aliphatic heterocycles. The minimum absolute atomic E-state index is 0.0192. The molecule has 2 aromatic carbocycles. The summed E-state index contributed by atoms with van der Waals surface area (Å²) in [5, 5.41) is 2.96. The number of aryl methyl sites for hydroxylation is 1. The average Bonchev–Trinajstić information content (AvgIpc) is 2.63. The summed E-state index contributed by atoms with van der Waals surface area (Å²) in [6.45, 7) is -2.86. The van der Waals surface area contributed by atoms with Crippen LogP contribution >= 0.6 is 0 Å². The van der Waals surface area contributed by atoms with Crippen molar-refractivity contribution in [2.75, 3.05) is 5.32 Å². The molecule has 0 aliphatic rings. The maximum absolute atomic E-state index is 12.1. The van der Waals surface area contributed by atoms with Crippen LogP contribution < -0.4 is 21.3 Å². The fourth-order valence-corrected chi connectivity index (χ4v) is 2.62. The topological polar surface area (TPSA) is 93.2 Å². The zero-order chi connectivity index (χ0) is 19.4. The highest BCUT2D eigenvalue weighted by Gasteiger charge is 2.10. The lowest BCUT2D eigenvalue weighted by molar-refractivity contribution is -0.116. The van der Waals surface area contributed by atoms with E-state index in [-0.39, 0.29) is 24.6 Å². The monoisotopic (exact) mass is 375 g/mol. The molecule has 140 valence electrons. The highest BCUT2D eigenvalue weighted by molar-refractivity contribution is 5.90. The van der Waals surface area contributed by atoms with Crippen LogP contribution in [0.2, 0.25) is 0 Å². The van der Waals surface area contributed by atoms with Crippen LogP contribution in [-0.2, 0) is 11.3 Å². The number of para-hydroxylation sites is 1. The first-order valence-corrected chi connectivity index (χ1v) is 8.00. The van der Waals surface area contributed by atoms with E-state index < -0.39 is 17.9 Å². The van der Waals surface area contributed by atoms with Crippen LogP contribution in [0.3, 0.4) is 0 Å². The fraction of sp³-hybridized carbons (Fsp3) is 0.167. The summed E-state index contributed by atoms with van der Waals surface area (Å²) in [5.41, 5.74) is -0.241. The number of rotatable bonds is 6. The Balaban J connectivity index is 1.69. The normalized spacial score (nSPS) is 10.9. The van der Waals surface area contributed by atoms with Gasteiger partial charge in [0.15, 0.2) is 0 Å². The van der Waals surface area contributed by atoms with Crippen LogP contribution in [0.4, 0.5) is 14.5 Å². The lowest BCUT2D eigenvalue weighted by Crippen LogP contribution is -2.31. The maximum Gasteiger partial charge on any atom is 0.387 e. The Bertz CT molecular complexity index is 1070. The Morgan fingerprint density at radius 2 is 1.81 bits per heavy atom. The number of benzene rings is 2. The van der Waals surface area contributed by atoms with E-state index in [2.05, 4.69) is 15.0 Å². The number of H-pyrrole nitrogens is 1. The van der Waals surface area contributed by atoms with Gasteiger partial charge < -0.3 is 10.1 Å². The molecule has 1 heterocycles. The number of amides is 1. The van der Waals surface area contributed by atoms with Crippen LogP contribution in [-0.4, -0.2) is 22.1 Å². The molecule has 27 heavy (non-hydrogen) atoms. The second-order valence-electron chi connectivity index (χ2n) is 5.63. The second kappa shape index (κ2) is 7.81. The molecule has 3 rings (SSSR count). The molecule has 0 aliphatic carbocycles. The average molecular weight is 375 g/mol. The molecule has 7 nitrogen and oxygen atoms in total. The number of ether oxygens (including phenoxy) is 1. The van der Waals surface area contributed by atoms with E-state index >= 15 is 0 Å². The van der Waals surface area contributed by atoms with E-state index in [0.717, 1.165) is 0 Å². The van der Waals surface area contributed by atoms with Crippen molar-refractivity contribution >= 4 is 22.5 Å². The van der Waals surface area contributed by atoms with Gasteiger partial charge >= 0.3 is 12.3 Å². The van der Waals surface area contributed by atoms with Gasteiger partial charge in [0.25, 0.3) is 5.56 Å². The minimum atomic E-state index is -2.92. The highest BCUT2D eigenvalue weighted by atomic mass is 19.3. The molecule has 0 fully saturated rings. The number of hydrogen-bond acceptors (Lipinski definition) is 4. The summed E-state index contributed by atoms with van der Waals surface area (Å²) in [6, 6.07) is 12.1. The fourth-order valence-electron chi connectivity index (χ4n) is 2.62. The number of anilines is 1. The molecular weight excluding hydrogens is 360 g/mol. The van der Waals surface area contributed by atoms with Gasteiger partial charge in [0.1, 0.15) is 5.75 Å². The van der Waals surface area contributed by atoms with Crippen molar-refractivity contribution in [1.82, 2.24) is 9.55 Å². The number of aromatic amines is 1. The van der Waals surface area contributed by atoms with Crippen LogP contribution in [0.5, 0.6) is 5.75 Å². The van der Waals surface area contributed by atoms with Crippen molar-refractivity contribution in [2.45, 2.75) is 19.6 Å². The smallest absolute Gasteiger partial charge is 0.387 e. The Hall–Kier alpha value is -3.49. The molecule has 0 bridgehead atoms. The van der Waals surface area contributed by atoms with Crippen LogP contribution in [0.25, 0.3) is 10.9 Å². The van der Waals surface area contributed by atoms with Gasteiger partial charge in [0.2, 0.25) is 5.91 Å². The predicted octanol–water partition coefficient (Wildman–Crippen LogP) is 2.32. The third-order valence-corrected chi connectivity index (χ3v) is 3.83. The largest absolute Gasteiger partial charge is 0.435 e. The van der Waals surface area contributed by atoms with Gasteiger partial charge in [-0.25, -0.2) is 4.79 Å². The van der Waals surface area contributed by atoms with Crippen LogP contribution in [0.15, 0.2) is 58.1 Å². The summed E-state index contributed by atoms with van der Waals surface area (Å²) in [6.07, 6.45) is -0.0226. The Morgan fingerprint density at radius 3 is 2.52 bits per heavy atom. The number of carbonyl (C=O) groups excluding carboxylic acids is 1. The summed E-state index contributed by atoms with van der Waals surface area (Å²) in [5.74, 6) is -0.394. The van der Waals surface area contributed by atoms with Crippen molar-refractivity contribution in [2.24, 2.45) is 0 Å². The first-order chi connectivity index (χ1) is 12.9. The van der Waals surface area contributed by atoms with Gasteiger partial charge in [-0.15, -0.1) is 0 Å². The van der Waals surface area contributed by atoms with Crippen molar-refractivity contribution in [1.29, 1.82) is 0 Å². The SMILES string of the molecule is O=C(CCn1c(=O)[nH]c(=O)c2ccccc21)Nc1ccc(OC(F)F)cc1. The summed E-state index contributed by atoms with van der Waals surface area (Å²) < 4.78 is 29.8. The molecule has 1 amide bonds. The molecule has 3 aromatic rings. The van der Waals surface area contributed by atoms with Gasteiger partial charge in [-0.1, -0.05) is 12.1 Å². The molecule has 1 aromatic heterocycles. The molecule has 0 atom stereocenters. The molecule has 9 heteroatoms. The number of nitrogens with one attached hydrogen (secondary N) is 2. The van der Waals surface area contributed by atoms with E-state index in [4.69, 9.17) is 0 Å². The van der Waals surface area contributed by atoms with Gasteiger partial charge in [-0.3, -0.25) is 19.1 Å². The third-order valence-electron chi connectivity index (χ3n) is 3.83. The number of aromatic nitrogens is 2.